The van der Waals surface area contributed by atoms with E-state index in [1.807, 2.05) is 6.08 Å². The Morgan fingerprint density at radius 2 is 2.21 bits per heavy atom. The van der Waals surface area contributed by atoms with Gasteiger partial charge in [-0.1, -0.05) is 35.0 Å². The molecule has 0 aromatic heterocycles. The van der Waals surface area contributed by atoms with E-state index in [4.69, 9.17) is 0 Å². The Kier molecular flexibility index (Phi) is 7.17. The van der Waals surface area contributed by atoms with E-state index in [-0.39, 0.29) is 0 Å². The summed E-state index contributed by atoms with van der Waals surface area (Å²) in [5.74, 6) is 0. The molecule has 0 bridgehead atoms. The largest absolute Gasteiger partial charge is 0.374 e. The Labute approximate surface area is 126 Å². The number of halogens is 1. The van der Waals surface area contributed by atoms with E-state index in [0.717, 1.165) is 30.4 Å². The van der Waals surface area contributed by atoms with Gasteiger partial charge in [0.05, 0.1) is 0 Å². The van der Waals surface area contributed by atoms with Gasteiger partial charge in [0, 0.05) is 29.8 Å². The zero-order valence-electron chi connectivity index (χ0n) is 12.2. The van der Waals surface area contributed by atoms with Gasteiger partial charge in [0.25, 0.3) is 0 Å². The number of rotatable bonds is 8. The molecule has 0 aliphatic heterocycles. The Hall–Kier alpha value is -0.800. The smallest absolute Gasteiger partial charge is 0.0423 e. The summed E-state index contributed by atoms with van der Waals surface area (Å²) in [7, 11) is 2.16. The van der Waals surface area contributed by atoms with Crippen LogP contribution < -0.4 is 10.2 Å². The molecular weight excluding hydrogens is 300 g/mol. The van der Waals surface area contributed by atoms with Crippen LogP contribution in [0, 0.1) is 0 Å². The SMILES string of the molecule is C=CCCCN(C)c1cc(Br)ccc1C(C)NCC. The van der Waals surface area contributed by atoms with Gasteiger partial charge in [-0.15, -0.1) is 6.58 Å². The highest BCUT2D eigenvalue weighted by Crippen LogP contribution is 2.29. The Bertz CT molecular complexity index is 404. The van der Waals surface area contributed by atoms with Gasteiger partial charge in [-0.3, -0.25) is 0 Å². The maximum atomic E-state index is 3.78. The van der Waals surface area contributed by atoms with E-state index in [1.165, 1.54) is 11.3 Å². The van der Waals surface area contributed by atoms with Crippen molar-refractivity contribution >= 4 is 21.6 Å². The van der Waals surface area contributed by atoms with E-state index in [2.05, 4.69) is 71.8 Å². The van der Waals surface area contributed by atoms with Crippen LogP contribution in [0.3, 0.4) is 0 Å². The molecule has 0 saturated heterocycles. The van der Waals surface area contributed by atoms with Crippen LogP contribution in [0.2, 0.25) is 0 Å². The summed E-state index contributed by atoms with van der Waals surface area (Å²) in [6.45, 7) is 10.2. The molecule has 0 saturated carbocycles. The monoisotopic (exact) mass is 324 g/mol. The molecule has 0 aliphatic rings. The molecule has 0 amide bonds. The van der Waals surface area contributed by atoms with Crippen molar-refractivity contribution in [3.63, 3.8) is 0 Å². The number of benzene rings is 1. The first-order valence-corrected chi connectivity index (χ1v) is 7.74. The first-order valence-electron chi connectivity index (χ1n) is 6.95. The van der Waals surface area contributed by atoms with Gasteiger partial charge in [-0.25, -0.2) is 0 Å². The minimum atomic E-state index is 0.370. The molecular formula is C16H25BrN2. The van der Waals surface area contributed by atoms with Gasteiger partial charge in [-0.2, -0.15) is 0 Å². The highest BCUT2D eigenvalue weighted by Gasteiger charge is 2.13. The molecule has 2 nitrogen and oxygen atoms in total. The number of hydrogen-bond donors (Lipinski definition) is 1. The molecule has 19 heavy (non-hydrogen) atoms. The average molecular weight is 325 g/mol. The predicted molar refractivity (Wildman–Crippen MR) is 88.9 cm³/mol. The summed E-state index contributed by atoms with van der Waals surface area (Å²) in [5, 5.41) is 3.49. The maximum absolute atomic E-state index is 3.78. The Morgan fingerprint density at radius 1 is 1.47 bits per heavy atom. The van der Waals surface area contributed by atoms with E-state index < -0.39 is 0 Å². The minimum Gasteiger partial charge on any atom is -0.374 e. The van der Waals surface area contributed by atoms with Crippen molar-refractivity contribution in [2.24, 2.45) is 0 Å². The fourth-order valence-corrected chi connectivity index (χ4v) is 2.57. The standard InChI is InChI=1S/C16H25BrN2/c1-5-7-8-11-19(4)16-12-14(17)9-10-15(16)13(3)18-6-2/h5,9-10,12-13,18H,1,6-8,11H2,2-4H3. The number of allylic oxidation sites excluding steroid dienone is 1. The number of hydrogen-bond acceptors (Lipinski definition) is 2. The lowest BCUT2D eigenvalue weighted by Crippen LogP contribution is -2.24. The normalized spacial score (nSPS) is 12.2. The van der Waals surface area contributed by atoms with Crippen molar-refractivity contribution in [2.75, 3.05) is 25.0 Å². The zero-order valence-corrected chi connectivity index (χ0v) is 13.8. The fraction of sp³-hybridized carbons (Fsp3) is 0.500. The molecule has 1 rings (SSSR count). The van der Waals surface area contributed by atoms with Gasteiger partial charge in [0.2, 0.25) is 0 Å². The molecule has 0 aliphatic carbocycles. The van der Waals surface area contributed by atoms with Gasteiger partial charge in [0.1, 0.15) is 0 Å². The molecule has 1 atom stereocenters. The van der Waals surface area contributed by atoms with Crippen LogP contribution in [0.5, 0.6) is 0 Å². The second kappa shape index (κ2) is 8.39. The van der Waals surface area contributed by atoms with Gasteiger partial charge in [0.15, 0.2) is 0 Å². The lowest BCUT2D eigenvalue weighted by atomic mass is 10.0. The van der Waals surface area contributed by atoms with Crippen molar-refractivity contribution in [1.82, 2.24) is 5.32 Å². The third-order valence-corrected chi connectivity index (χ3v) is 3.78. The molecule has 0 radical (unpaired) electrons. The summed E-state index contributed by atoms with van der Waals surface area (Å²) >= 11 is 3.57. The fourth-order valence-electron chi connectivity index (χ4n) is 2.22. The van der Waals surface area contributed by atoms with E-state index in [1.54, 1.807) is 0 Å². The van der Waals surface area contributed by atoms with Crippen LogP contribution in [0.25, 0.3) is 0 Å². The summed E-state index contributed by atoms with van der Waals surface area (Å²) in [6, 6.07) is 6.90. The van der Waals surface area contributed by atoms with E-state index in [9.17, 15) is 0 Å². The molecule has 0 heterocycles. The molecule has 0 fully saturated rings. The van der Waals surface area contributed by atoms with E-state index >= 15 is 0 Å². The van der Waals surface area contributed by atoms with Crippen molar-refractivity contribution in [1.29, 1.82) is 0 Å². The van der Waals surface area contributed by atoms with Crippen molar-refractivity contribution in [3.8, 4) is 0 Å². The molecule has 1 unspecified atom stereocenters. The highest BCUT2D eigenvalue weighted by atomic mass is 79.9. The van der Waals surface area contributed by atoms with Crippen LogP contribution in [0.4, 0.5) is 5.69 Å². The van der Waals surface area contributed by atoms with Gasteiger partial charge >= 0.3 is 0 Å². The summed E-state index contributed by atoms with van der Waals surface area (Å²) in [4.78, 5) is 2.33. The third kappa shape index (κ3) is 5.00. The quantitative estimate of drug-likeness (QED) is 0.558. The lowest BCUT2D eigenvalue weighted by Gasteiger charge is -2.25. The second-order valence-corrected chi connectivity index (χ2v) is 5.75. The van der Waals surface area contributed by atoms with Gasteiger partial charge in [-0.05, 0) is 44.0 Å². The summed E-state index contributed by atoms with van der Waals surface area (Å²) in [6.07, 6.45) is 4.19. The lowest BCUT2D eigenvalue weighted by molar-refractivity contribution is 0.596. The molecule has 106 valence electrons. The Morgan fingerprint density at radius 3 is 2.84 bits per heavy atom. The first kappa shape index (κ1) is 16.3. The van der Waals surface area contributed by atoms with Crippen molar-refractivity contribution in [2.45, 2.75) is 32.7 Å². The molecule has 3 heteroatoms. The number of nitrogens with one attached hydrogen (secondary N) is 1. The van der Waals surface area contributed by atoms with Crippen LogP contribution >= 0.6 is 15.9 Å². The number of unbranched alkanes of at least 4 members (excludes halogenated alkanes) is 1. The molecule has 1 aromatic carbocycles. The molecule has 1 aromatic rings. The minimum absolute atomic E-state index is 0.370. The second-order valence-electron chi connectivity index (χ2n) is 4.83. The third-order valence-electron chi connectivity index (χ3n) is 3.28. The highest BCUT2D eigenvalue weighted by molar-refractivity contribution is 9.10. The summed E-state index contributed by atoms with van der Waals surface area (Å²) in [5.41, 5.74) is 2.65. The van der Waals surface area contributed by atoms with Crippen LogP contribution in [-0.2, 0) is 0 Å². The van der Waals surface area contributed by atoms with Crippen LogP contribution in [-0.4, -0.2) is 20.1 Å². The maximum Gasteiger partial charge on any atom is 0.0423 e. The molecule has 0 spiro atoms. The zero-order chi connectivity index (χ0) is 14.3. The van der Waals surface area contributed by atoms with Crippen LogP contribution in [0.15, 0.2) is 35.3 Å². The first-order chi connectivity index (χ1) is 9.10. The molecule has 1 N–H and O–H groups in total. The van der Waals surface area contributed by atoms with Crippen molar-refractivity contribution in [3.05, 3.63) is 40.9 Å². The average Bonchev–Trinajstić information content (AvgIpc) is 2.39. The topological polar surface area (TPSA) is 15.3 Å². The summed E-state index contributed by atoms with van der Waals surface area (Å²) < 4.78 is 1.13. The number of anilines is 1. The van der Waals surface area contributed by atoms with Gasteiger partial charge < -0.3 is 10.2 Å². The number of nitrogens with zero attached hydrogens (tertiary/aromatic N) is 1. The van der Waals surface area contributed by atoms with Crippen LogP contribution in [0.1, 0.15) is 38.3 Å². The van der Waals surface area contributed by atoms with E-state index in [0.29, 0.717) is 6.04 Å². The predicted octanol–water partition coefficient (Wildman–Crippen LogP) is 4.52. The van der Waals surface area contributed by atoms with Crippen molar-refractivity contribution < 1.29 is 0 Å². The Balaban J connectivity index is 2.89.